The molecule has 4 nitrogen and oxygen atoms in total. The van der Waals surface area contributed by atoms with Crippen LogP contribution in [0.3, 0.4) is 0 Å². The molecule has 118 valence electrons. The van der Waals surface area contributed by atoms with E-state index in [1.165, 1.54) is 19.1 Å². The molecule has 0 atom stereocenters. The lowest BCUT2D eigenvalue weighted by Gasteiger charge is -2.15. The maximum atomic E-state index is 13.9. The summed E-state index contributed by atoms with van der Waals surface area (Å²) < 4.78 is 41.5. The molecule has 1 aliphatic rings. The van der Waals surface area contributed by atoms with Gasteiger partial charge in [-0.3, -0.25) is 0 Å². The van der Waals surface area contributed by atoms with Gasteiger partial charge in [0.05, 0.1) is 4.90 Å². The van der Waals surface area contributed by atoms with Crippen LogP contribution in [0.2, 0.25) is 0 Å². The molecule has 2 rings (SSSR count). The molecule has 0 aliphatic heterocycles. The third-order valence-electron chi connectivity index (χ3n) is 3.85. The Kier molecular flexibility index (Phi) is 4.97. The second-order valence-electron chi connectivity index (χ2n) is 5.44. The Labute approximate surface area is 129 Å². The fourth-order valence-corrected chi connectivity index (χ4v) is 4.44. The van der Waals surface area contributed by atoms with E-state index in [-0.39, 0.29) is 15.2 Å². The second-order valence-corrected chi connectivity index (χ2v) is 8.45. The smallest absolute Gasteiger partial charge is 0.240 e. The summed E-state index contributed by atoms with van der Waals surface area (Å²) in [7, 11) is -1.95. The first-order valence-electron chi connectivity index (χ1n) is 6.82. The average Bonchev–Trinajstić information content (AvgIpc) is 3.21. The van der Waals surface area contributed by atoms with Gasteiger partial charge >= 0.3 is 0 Å². The van der Waals surface area contributed by atoms with Gasteiger partial charge < -0.3 is 5.32 Å². The fraction of sp³-hybridized carbons (Fsp3) is 0.571. The molecular weight excluding hydrogens is 311 g/mol. The Hall–Kier alpha value is -0.630. The second kappa shape index (κ2) is 6.24. The lowest BCUT2D eigenvalue weighted by atomic mass is 10.1. The van der Waals surface area contributed by atoms with Gasteiger partial charge in [-0.2, -0.15) is 11.8 Å². The predicted octanol–water partition coefficient (Wildman–Crippen LogP) is 2.03. The van der Waals surface area contributed by atoms with E-state index in [1.54, 1.807) is 18.8 Å². The third kappa shape index (κ3) is 3.77. The molecule has 0 spiro atoms. The molecule has 0 bridgehead atoms. The van der Waals surface area contributed by atoms with Crippen LogP contribution in [-0.4, -0.2) is 33.0 Å². The van der Waals surface area contributed by atoms with Crippen LogP contribution in [0, 0.1) is 12.7 Å². The van der Waals surface area contributed by atoms with Crippen LogP contribution >= 0.6 is 11.8 Å². The van der Waals surface area contributed by atoms with Gasteiger partial charge in [-0.25, -0.2) is 17.5 Å². The number of benzene rings is 1. The van der Waals surface area contributed by atoms with Gasteiger partial charge in [0.25, 0.3) is 0 Å². The van der Waals surface area contributed by atoms with Gasteiger partial charge in [0.1, 0.15) is 5.82 Å². The molecule has 1 saturated carbocycles. The summed E-state index contributed by atoms with van der Waals surface area (Å²) in [6.45, 7) is 2.32. The van der Waals surface area contributed by atoms with Gasteiger partial charge in [0.15, 0.2) is 0 Å². The van der Waals surface area contributed by atoms with Gasteiger partial charge in [0, 0.05) is 23.4 Å². The minimum absolute atomic E-state index is 0.0299. The van der Waals surface area contributed by atoms with E-state index < -0.39 is 15.8 Å². The highest BCUT2D eigenvalue weighted by molar-refractivity contribution is 8.00. The normalized spacial score (nSPS) is 17.0. The first-order chi connectivity index (χ1) is 9.83. The zero-order chi connectivity index (χ0) is 15.7. The van der Waals surface area contributed by atoms with Crippen molar-refractivity contribution in [2.75, 3.05) is 19.8 Å². The monoisotopic (exact) mass is 332 g/mol. The number of rotatable bonds is 7. The Bertz CT molecular complexity index is 628. The average molecular weight is 332 g/mol. The largest absolute Gasteiger partial charge is 0.316 e. The molecule has 7 heteroatoms. The summed E-state index contributed by atoms with van der Waals surface area (Å²) in [5.74, 6) is -0.492. The highest BCUT2D eigenvalue weighted by Gasteiger charge is 2.42. The van der Waals surface area contributed by atoms with E-state index in [9.17, 15) is 12.8 Å². The van der Waals surface area contributed by atoms with Gasteiger partial charge in [0.2, 0.25) is 10.0 Å². The highest BCUT2D eigenvalue weighted by Crippen LogP contribution is 2.46. The highest BCUT2D eigenvalue weighted by atomic mass is 32.2. The SMILES string of the molecule is CNCc1cc(F)c(C)c(S(=O)(=O)NCC2(SC)CC2)c1. The standard InChI is InChI=1S/C14H21FN2O2S2/c1-10-12(15)6-11(8-16-2)7-13(10)21(18,19)17-9-14(20-3)4-5-14/h6-7,16-17H,4-5,8-9H2,1-3H3. The summed E-state index contributed by atoms with van der Waals surface area (Å²) in [5, 5.41) is 2.90. The molecule has 1 aromatic carbocycles. The zero-order valence-electron chi connectivity index (χ0n) is 12.5. The Morgan fingerprint density at radius 1 is 1.38 bits per heavy atom. The number of halogens is 1. The van der Waals surface area contributed by atoms with E-state index in [1.807, 2.05) is 6.26 Å². The van der Waals surface area contributed by atoms with Crippen LogP contribution in [0.5, 0.6) is 0 Å². The lowest BCUT2D eigenvalue weighted by molar-refractivity contribution is 0.571. The zero-order valence-corrected chi connectivity index (χ0v) is 14.1. The molecule has 0 saturated heterocycles. The molecule has 2 N–H and O–H groups in total. The van der Waals surface area contributed by atoms with Crippen molar-refractivity contribution in [3.63, 3.8) is 0 Å². The van der Waals surface area contributed by atoms with Crippen LogP contribution < -0.4 is 10.0 Å². The summed E-state index contributed by atoms with van der Waals surface area (Å²) in [6.07, 6.45) is 4.02. The summed E-state index contributed by atoms with van der Waals surface area (Å²) in [6, 6.07) is 2.91. The van der Waals surface area contributed by atoms with Crippen molar-refractivity contribution in [2.45, 2.75) is 36.0 Å². The predicted molar refractivity (Wildman–Crippen MR) is 84.6 cm³/mol. The van der Waals surface area contributed by atoms with E-state index in [4.69, 9.17) is 0 Å². The van der Waals surface area contributed by atoms with Crippen LogP contribution in [0.25, 0.3) is 0 Å². The van der Waals surface area contributed by atoms with E-state index in [0.29, 0.717) is 18.7 Å². The first-order valence-corrected chi connectivity index (χ1v) is 9.53. The quantitative estimate of drug-likeness (QED) is 0.802. The van der Waals surface area contributed by atoms with Crippen LogP contribution in [0.4, 0.5) is 4.39 Å². The van der Waals surface area contributed by atoms with E-state index in [2.05, 4.69) is 10.0 Å². The number of sulfonamides is 1. The van der Waals surface area contributed by atoms with Crippen molar-refractivity contribution in [3.8, 4) is 0 Å². The molecule has 0 unspecified atom stereocenters. The van der Waals surface area contributed by atoms with E-state index >= 15 is 0 Å². The Morgan fingerprint density at radius 2 is 2.05 bits per heavy atom. The van der Waals surface area contributed by atoms with Crippen molar-refractivity contribution in [1.82, 2.24) is 10.0 Å². The number of nitrogens with one attached hydrogen (secondary N) is 2. The van der Waals surface area contributed by atoms with Crippen molar-refractivity contribution < 1.29 is 12.8 Å². The molecule has 21 heavy (non-hydrogen) atoms. The molecular formula is C14H21FN2O2S2. The summed E-state index contributed by atoms with van der Waals surface area (Å²) in [5.41, 5.74) is 0.781. The molecule has 0 radical (unpaired) electrons. The van der Waals surface area contributed by atoms with Crippen molar-refractivity contribution in [2.24, 2.45) is 0 Å². The third-order valence-corrected chi connectivity index (χ3v) is 6.80. The van der Waals surface area contributed by atoms with Gasteiger partial charge in [-0.05, 0) is 50.8 Å². The van der Waals surface area contributed by atoms with Crippen molar-refractivity contribution in [3.05, 3.63) is 29.1 Å². The minimum Gasteiger partial charge on any atom is -0.316 e. The lowest BCUT2D eigenvalue weighted by Crippen LogP contribution is -2.32. The number of hydrogen-bond donors (Lipinski definition) is 2. The summed E-state index contributed by atoms with van der Waals surface area (Å²) in [4.78, 5) is 0.0321. The molecule has 0 amide bonds. The molecule has 0 heterocycles. The van der Waals surface area contributed by atoms with Gasteiger partial charge in [-0.15, -0.1) is 0 Å². The number of hydrogen-bond acceptors (Lipinski definition) is 4. The maximum absolute atomic E-state index is 13.9. The number of thioether (sulfide) groups is 1. The van der Waals surface area contributed by atoms with Crippen LogP contribution in [0.1, 0.15) is 24.0 Å². The Balaban J connectivity index is 2.26. The Morgan fingerprint density at radius 3 is 2.57 bits per heavy atom. The van der Waals surface area contributed by atoms with Gasteiger partial charge in [-0.1, -0.05) is 0 Å². The van der Waals surface area contributed by atoms with E-state index in [0.717, 1.165) is 12.8 Å². The topological polar surface area (TPSA) is 58.2 Å². The minimum atomic E-state index is -3.69. The van der Waals surface area contributed by atoms with Crippen LogP contribution in [-0.2, 0) is 16.6 Å². The molecule has 1 aromatic rings. The molecule has 0 aromatic heterocycles. The van der Waals surface area contributed by atoms with Crippen molar-refractivity contribution in [1.29, 1.82) is 0 Å². The first kappa shape index (κ1) is 16.7. The van der Waals surface area contributed by atoms with Crippen molar-refractivity contribution >= 4 is 21.8 Å². The maximum Gasteiger partial charge on any atom is 0.240 e. The fourth-order valence-electron chi connectivity index (χ4n) is 2.19. The summed E-state index contributed by atoms with van der Waals surface area (Å²) >= 11 is 1.68. The van der Waals surface area contributed by atoms with Crippen LogP contribution in [0.15, 0.2) is 17.0 Å². The molecule has 1 fully saturated rings. The molecule has 1 aliphatic carbocycles.